The third-order valence-corrected chi connectivity index (χ3v) is 8.01. The third kappa shape index (κ3) is 6.99. The van der Waals surface area contributed by atoms with Crippen molar-refractivity contribution in [3.05, 3.63) is 83.2 Å². The molecule has 0 aromatic heterocycles. The number of benzene rings is 3. The van der Waals surface area contributed by atoms with Gasteiger partial charge in [0.05, 0.1) is 20.1 Å². The minimum atomic E-state index is -0.774. The first-order valence-corrected chi connectivity index (χ1v) is 13.5. The first kappa shape index (κ1) is 28.6. The van der Waals surface area contributed by atoms with E-state index in [0.29, 0.717) is 36.2 Å². The Morgan fingerprint density at radius 1 is 1.03 bits per heavy atom. The van der Waals surface area contributed by atoms with Gasteiger partial charge in [-0.15, -0.1) is 0 Å². The Kier molecular flexibility index (Phi) is 8.96. The zero-order valence-electron chi connectivity index (χ0n) is 23.5. The quantitative estimate of drug-likeness (QED) is 0.242. The number of aliphatic carboxylic acids is 1. The van der Waals surface area contributed by atoms with Crippen LogP contribution >= 0.6 is 0 Å². The summed E-state index contributed by atoms with van der Waals surface area (Å²) in [4.78, 5) is 11.4. The molecule has 1 aliphatic carbocycles. The van der Waals surface area contributed by atoms with Gasteiger partial charge in [-0.2, -0.15) is 0 Å². The van der Waals surface area contributed by atoms with Crippen LogP contribution in [0.1, 0.15) is 68.6 Å². The van der Waals surface area contributed by atoms with Crippen LogP contribution in [-0.2, 0) is 16.1 Å². The van der Waals surface area contributed by atoms with Crippen molar-refractivity contribution in [2.75, 3.05) is 20.8 Å². The lowest BCUT2D eigenvalue weighted by molar-refractivity contribution is -0.137. The van der Waals surface area contributed by atoms with Crippen LogP contribution in [0.15, 0.2) is 60.7 Å². The summed E-state index contributed by atoms with van der Waals surface area (Å²) >= 11 is 0. The van der Waals surface area contributed by atoms with Crippen molar-refractivity contribution in [1.29, 1.82) is 0 Å². The smallest absolute Gasteiger partial charge is 0.303 e. The molecule has 1 aliphatic rings. The lowest BCUT2D eigenvalue weighted by Gasteiger charge is -2.33. The summed E-state index contributed by atoms with van der Waals surface area (Å²) in [5.41, 5.74) is 4.09. The Morgan fingerprint density at radius 3 is 2.46 bits per heavy atom. The second-order valence-corrected chi connectivity index (χ2v) is 11.3. The summed E-state index contributed by atoms with van der Waals surface area (Å²) in [5.74, 6) is 0.724. The molecule has 39 heavy (non-hydrogen) atoms. The maximum atomic E-state index is 15.1. The van der Waals surface area contributed by atoms with Gasteiger partial charge in [0.2, 0.25) is 0 Å². The zero-order valence-corrected chi connectivity index (χ0v) is 23.5. The predicted molar refractivity (Wildman–Crippen MR) is 151 cm³/mol. The maximum absolute atomic E-state index is 15.1. The largest absolute Gasteiger partial charge is 0.497 e. The Balaban J connectivity index is 1.63. The van der Waals surface area contributed by atoms with E-state index in [4.69, 9.17) is 14.2 Å². The zero-order chi connectivity index (χ0) is 28.2. The Morgan fingerprint density at radius 2 is 1.79 bits per heavy atom. The molecule has 0 spiro atoms. The molecule has 6 heteroatoms. The molecule has 0 saturated heterocycles. The van der Waals surface area contributed by atoms with E-state index in [0.717, 1.165) is 35.1 Å². The number of methoxy groups -OCH3 is 2. The first-order valence-electron chi connectivity index (χ1n) is 13.5. The number of carboxylic acids is 1. The standard InChI is InChI=1S/C33H39FO5/c1-21(33(2,3)20-37-4)28-15-22(9-13-27(28)30-17-25(38-5)12-14-31(30)34)19-39-26-8-6-7-24(16-26)29(18-32(35)36)23-10-11-23/h6-9,12-17,21,23,29H,10-11,18-20H2,1-5H3,(H,35,36)/t21?,29-/m0/s1. The predicted octanol–water partition coefficient (Wildman–Crippen LogP) is 7.82. The van der Waals surface area contributed by atoms with Crippen LogP contribution in [0.3, 0.4) is 0 Å². The van der Waals surface area contributed by atoms with Gasteiger partial charge in [-0.25, -0.2) is 4.39 Å². The maximum Gasteiger partial charge on any atom is 0.303 e. The number of hydrogen-bond donors (Lipinski definition) is 1. The van der Waals surface area contributed by atoms with Crippen LogP contribution in [-0.4, -0.2) is 31.9 Å². The van der Waals surface area contributed by atoms with E-state index in [1.54, 1.807) is 26.4 Å². The van der Waals surface area contributed by atoms with Crippen LogP contribution in [0.2, 0.25) is 0 Å². The molecule has 208 valence electrons. The van der Waals surface area contributed by atoms with Gasteiger partial charge in [0.25, 0.3) is 0 Å². The SMILES string of the molecule is COCC(C)(C)C(C)c1cc(COc2cccc([C@@H](CC(=O)O)C3CC3)c2)ccc1-c1cc(OC)ccc1F. The average Bonchev–Trinajstić information content (AvgIpc) is 3.76. The minimum Gasteiger partial charge on any atom is -0.497 e. The molecular formula is C33H39FO5. The van der Waals surface area contributed by atoms with E-state index in [2.05, 4.69) is 26.8 Å². The molecule has 0 heterocycles. The highest BCUT2D eigenvalue weighted by atomic mass is 19.1. The van der Waals surface area contributed by atoms with E-state index < -0.39 is 5.97 Å². The number of carbonyl (C=O) groups is 1. The van der Waals surface area contributed by atoms with Gasteiger partial charge in [-0.05, 0) is 88.6 Å². The third-order valence-electron chi connectivity index (χ3n) is 8.01. The molecular weight excluding hydrogens is 495 g/mol. The van der Waals surface area contributed by atoms with Gasteiger partial charge >= 0.3 is 5.97 Å². The molecule has 0 radical (unpaired) electrons. The van der Waals surface area contributed by atoms with Gasteiger partial charge in [0.15, 0.2) is 0 Å². The Bertz CT molecular complexity index is 1300. The van der Waals surface area contributed by atoms with Crippen molar-refractivity contribution in [1.82, 2.24) is 0 Å². The van der Waals surface area contributed by atoms with Gasteiger partial charge < -0.3 is 19.3 Å². The van der Waals surface area contributed by atoms with Crippen molar-refractivity contribution < 1.29 is 28.5 Å². The highest BCUT2D eigenvalue weighted by Gasteiger charge is 2.34. The highest BCUT2D eigenvalue weighted by molar-refractivity contribution is 5.71. The summed E-state index contributed by atoms with van der Waals surface area (Å²) < 4.78 is 32.1. The lowest BCUT2D eigenvalue weighted by atomic mass is 9.74. The Labute approximate surface area is 230 Å². The summed E-state index contributed by atoms with van der Waals surface area (Å²) in [6.45, 7) is 7.33. The van der Waals surface area contributed by atoms with Crippen LogP contribution in [0.25, 0.3) is 11.1 Å². The minimum absolute atomic E-state index is 0.0126. The summed E-state index contributed by atoms with van der Waals surface area (Å²) in [6, 6.07) is 18.6. The fourth-order valence-corrected chi connectivity index (χ4v) is 5.31. The molecule has 0 aliphatic heterocycles. The monoisotopic (exact) mass is 534 g/mol. The van der Waals surface area contributed by atoms with Crippen molar-refractivity contribution >= 4 is 5.97 Å². The molecule has 3 aromatic carbocycles. The number of halogens is 1. The summed E-state index contributed by atoms with van der Waals surface area (Å²) in [6.07, 6.45) is 2.28. The summed E-state index contributed by atoms with van der Waals surface area (Å²) in [5, 5.41) is 9.39. The highest BCUT2D eigenvalue weighted by Crippen LogP contribution is 2.45. The number of ether oxygens (including phenoxy) is 3. The molecule has 1 N–H and O–H groups in total. The normalized spacial score (nSPS) is 15.0. The molecule has 0 amide bonds. The Hall–Kier alpha value is -3.38. The van der Waals surface area contributed by atoms with Crippen LogP contribution in [0.4, 0.5) is 4.39 Å². The second-order valence-electron chi connectivity index (χ2n) is 11.3. The number of hydrogen-bond acceptors (Lipinski definition) is 4. The second kappa shape index (κ2) is 12.2. The van der Waals surface area contributed by atoms with Crippen molar-refractivity contribution in [2.45, 2.75) is 58.5 Å². The molecule has 3 aromatic rings. The van der Waals surface area contributed by atoms with Gasteiger partial charge in [-0.1, -0.05) is 51.1 Å². The topological polar surface area (TPSA) is 65.0 Å². The molecule has 4 rings (SSSR count). The fraction of sp³-hybridized carbons (Fsp3) is 0.424. The van der Waals surface area contributed by atoms with Crippen LogP contribution in [0.5, 0.6) is 11.5 Å². The van der Waals surface area contributed by atoms with E-state index in [1.807, 2.05) is 36.4 Å². The average molecular weight is 535 g/mol. The van der Waals surface area contributed by atoms with Crippen molar-refractivity contribution in [2.24, 2.45) is 11.3 Å². The fourth-order valence-electron chi connectivity index (χ4n) is 5.31. The molecule has 0 bridgehead atoms. The van der Waals surface area contributed by atoms with Crippen molar-refractivity contribution in [3.63, 3.8) is 0 Å². The lowest BCUT2D eigenvalue weighted by Crippen LogP contribution is -2.26. The number of rotatable bonds is 13. The molecule has 2 atom stereocenters. The van der Waals surface area contributed by atoms with E-state index >= 15 is 4.39 Å². The van der Waals surface area contributed by atoms with Crippen LogP contribution in [0, 0.1) is 17.2 Å². The van der Waals surface area contributed by atoms with Gasteiger partial charge in [0.1, 0.15) is 23.9 Å². The first-order chi connectivity index (χ1) is 18.6. The molecule has 1 unspecified atom stereocenters. The molecule has 1 saturated carbocycles. The summed E-state index contributed by atoms with van der Waals surface area (Å²) in [7, 11) is 3.27. The molecule has 1 fully saturated rings. The van der Waals surface area contributed by atoms with Crippen molar-refractivity contribution in [3.8, 4) is 22.6 Å². The van der Waals surface area contributed by atoms with E-state index in [-0.39, 0.29) is 29.5 Å². The van der Waals surface area contributed by atoms with E-state index in [9.17, 15) is 9.90 Å². The van der Waals surface area contributed by atoms with Gasteiger partial charge in [-0.3, -0.25) is 4.79 Å². The van der Waals surface area contributed by atoms with Crippen LogP contribution < -0.4 is 9.47 Å². The van der Waals surface area contributed by atoms with Gasteiger partial charge in [0, 0.05) is 12.7 Å². The van der Waals surface area contributed by atoms with E-state index in [1.165, 1.54) is 6.07 Å². The molecule has 5 nitrogen and oxygen atoms in total. The number of carboxylic acid groups (broad SMARTS) is 1.